The summed E-state index contributed by atoms with van der Waals surface area (Å²) in [4.78, 5) is 2.47. The average Bonchev–Trinajstić information content (AvgIpc) is 2.30. The molecule has 0 spiro atoms. The number of fused-ring (bicyclic) bond motifs is 2. The molecule has 2 heterocycles. The Labute approximate surface area is 73.8 Å². The highest BCUT2D eigenvalue weighted by atomic mass is 16.3. The maximum atomic E-state index is 9.31. The van der Waals surface area contributed by atoms with Gasteiger partial charge in [0.05, 0.1) is 6.10 Å². The van der Waals surface area contributed by atoms with Crippen LogP contribution in [0.4, 0.5) is 0 Å². The zero-order chi connectivity index (χ0) is 8.55. The quantitative estimate of drug-likeness (QED) is 0.602. The van der Waals surface area contributed by atoms with Crippen LogP contribution >= 0.6 is 0 Å². The van der Waals surface area contributed by atoms with Gasteiger partial charge in [-0.3, -0.25) is 4.90 Å². The predicted octanol–water partition coefficient (Wildman–Crippen LogP) is -0.197. The van der Waals surface area contributed by atoms with E-state index < -0.39 is 0 Å². The maximum Gasteiger partial charge on any atom is 0.0639 e. The summed E-state index contributed by atoms with van der Waals surface area (Å²) in [6.45, 7) is 4.96. The fraction of sp³-hybridized carbons (Fsp3) is 1.00. The minimum atomic E-state index is -0.175. The molecule has 0 amide bonds. The molecule has 0 aromatic carbocycles. The van der Waals surface area contributed by atoms with E-state index in [9.17, 15) is 5.11 Å². The number of piperazine rings is 1. The molecule has 2 saturated heterocycles. The number of hydrogen-bond acceptors (Lipinski definition) is 3. The molecule has 2 aliphatic rings. The van der Waals surface area contributed by atoms with Crippen molar-refractivity contribution in [2.24, 2.45) is 0 Å². The van der Waals surface area contributed by atoms with E-state index in [-0.39, 0.29) is 6.10 Å². The van der Waals surface area contributed by atoms with Crippen LogP contribution < -0.4 is 5.32 Å². The molecular formula is C9H18N2O. The second-order valence-electron chi connectivity index (χ2n) is 4.09. The Kier molecular flexibility index (Phi) is 2.35. The molecule has 12 heavy (non-hydrogen) atoms. The summed E-state index contributed by atoms with van der Waals surface area (Å²) >= 11 is 0. The Morgan fingerprint density at radius 1 is 1.42 bits per heavy atom. The van der Waals surface area contributed by atoms with E-state index in [1.165, 1.54) is 12.8 Å². The van der Waals surface area contributed by atoms with Crippen LogP contribution in [-0.2, 0) is 0 Å². The zero-order valence-corrected chi connectivity index (χ0v) is 7.66. The first-order chi connectivity index (χ1) is 5.77. The highest BCUT2D eigenvalue weighted by Crippen LogP contribution is 2.26. The summed E-state index contributed by atoms with van der Waals surface area (Å²) in [5.74, 6) is 0. The molecule has 3 atom stereocenters. The summed E-state index contributed by atoms with van der Waals surface area (Å²) < 4.78 is 0. The number of nitrogens with zero attached hydrogens (tertiary/aromatic N) is 1. The Morgan fingerprint density at radius 3 is 2.50 bits per heavy atom. The smallest absolute Gasteiger partial charge is 0.0639 e. The summed E-state index contributed by atoms with van der Waals surface area (Å²) in [6.07, 6.45) is 2.45. The first kappa shape index (κ1) is 8.48. The van der Waals surface area contributed by atoms with Crippen molar-refractivity contribution in [1.29, 1.82) is 0 Å². The molecule has 0 aromatic heterocycles. The molecule has 0 radical (unpaired) electrons. The number of aliphatic hydroxyl groups excluding tert-OH is 1. The average molecular weight is 170 g/mol. The van der Waals surface area contributed by atoms with Crippen LogP contribution in [-0.4, -0.2) is 47.8 Å². The van der Waals surface area contributed by atoms with Gasteiger partial charge in [-0.25, -0.2) is 0 Å². The minimum absolute atomic E-state index is 0.175. The lowest BCUT2D eigenvalue weighted by molar-refractivity contribution is 0.0785. The highest BCUT2D eigenvalue weighted by Gasteiger charge is 2.36. The minimum Gasteiger partial charge on any atom is -0.392 e. The van der Waals surface area contributed by atoms with Crippen LogP contribution in [0.3, 0.4) is 0 Å². The molecule has 3 heteroatoms. The molecule has 0 saturated carbocycles. The van der Waals surface area contributed by atoms with Crippen molar-refractivity contribution >= 4 is 0 Å². The van der Waals surface area contributed by atoms with Gasteiger partial charge in [0.1, 0.15) is 0 Å². The van der Waals surface area contributed by atoms with E-state index in [0.717, 1.165) is 19.6 Å². The lowest BCUT2D eigenvalue weighted by Crippen LogP contribution is -2.53. The van der Waals surface area contributed by atoms with Crippen LogP contribution in [0.15, 0.2) is 0 Å². The maximum absolute atomic E-state index is 9.31. The first-order valence-corrected chi connectivity index (χ1v) is 4.92. The number of aliphatic hydroxyl groups is 1. The lowest BCUT2D eigenvalue weighted by atomic mass is 10.2. The Balaban J connectivity index is 1.96. The summed E-state index contributed by atoms with van der Waals surface area (Å²) in [7, 11) is 0. The normalized spacial score (nSPS) is 38.5. The van der Waals surface area contributed by atoms with Crippen molar-refractivity contribution in [2.75, 3.05) is 19.6 Å². The molecule has 2 bridgehead atoms. The first-order valence-electron chi connectivity index (χ1n) is 4.92. The van der Waals surface area contributed by atoms with E-state index in [1.807, 2.05) is 6.92 Å². The van der Waals surface area contributed by atoms with Gasteiger partial charge in [-0.1, -0.05) is 0 Å². The molecule has 2 rings (SSSR count). The van der Waals surface area contributed by atoms with Gasteiger partial charge in [-0.2, -0.15) is 0 Å². The third-order valence-electron chi connectivity index (χ3n) is 3.01. The molecule has 3 nitrogen and oxygen atoms in total. The fourth-order valence-corrected chi connectivity index (χ4v) is 2.47. The van der Waals surface area contributed by atoms with Crippen molar-refractivity contribution < 1.29 is 5.11 Å². The standard InChI is InChI=1S/C9H18N2O/c1-7(12)6-11-8-2-3-9(11)5-10-4-8/h7-10,12H,2-6H2,1H3. The number of rotatable bonds is 2. The largest absolute Gasteiger partial charge is 0.392 e. The van der Waals surface area contributed by atoms with Crippen molar-refractivity contribution in [2.45, 2.75) is 38.0 Å². The lowest BCUT2D eigenvalue weighted by Gasteiger charge is -2.35. The van der Waals surface area contributed by atoms with Gasteiger partial charge < -0.3 is 10.4 Å². The van der Waals surface area contributed by atoms with Crippen LogP contribution in [0, 0.1) is 0 Å². The Morgan fingerprint density at radius 2 is 2.00 bits per heavy atom. The number of hydrogen-bond donors (Lipinski definition) is 2. The van der Waals surface area contributed by atoms with Gasteiger partial charge in [0.2, 0.25) is 0 Å². The third-order valence-corrected chi connectivity index (χ3v) is 3.01. The van der Waals surface area contributed by atoms with Crippen LogP contribution in [0.5, 0.6) is 0 Å². The zero-order valence-electron chi connectivity index (χ0n) is 7.66. The van der Waals surface area contributed by atoms with Gasteiger partial charge in [-0.05, 0) is 19.8 Å². The van der Waals surface area contributed by atoms with E-state index >= 15 is 0 Å². The van der Waals surface area contributed by atoms with Gasteiger partial charge in [0.15, 0.2) is 0 Å². The van der Waals surface area contributed by atoms with E-state index in [4.69, 9.17) is 0 Å². The summed E-state index contributed by atoms with van der Waals surface area (Å²) in [6, 6.07) is 1.39. The Hall–Kier alpha value is -0.120. The van der Waals surface area contributed by atoms with Gasteiger partial charge in [0.25, 0.3) is 0 Å². The SMILES string of the molecule is CC(O)CN1C2CCC1CNC2. The van der Waals surface area contributed by atoms with Crippen molar-refractivity contribution in [3.63, 3.8) is 0 Å². The molecule has 0 aliphatic carbocycles. The Bertz CT molecular complexity index is 145. The van der Waals surface area contributed by atoms with Crippen molar-refractivity contribution in [1.82, 2.24) is 10.2 Å². The summed E-state index contributed by atoms with van der Waals surface area (Å²) in [5, 5.41) is 12.7. The van der Waals surface area contributed by atoms with Crippen molar-refractivity contribution in [3.8, 4) is 0 Å². The van der Waals surface area contributed by atoms with E-state index in [1.54, 1.807) is 0 Å². The molecule has 0 aromatic rings. The second kappa shape index (κ2) is 3.32. The predicted molar refractivity (Wildman–Crippen MR) is 48.1 cm³/mol. The van der Waals surface area contributed by atoms with Gasteiger partial charge in [-0.15, -0.1) is 0 Å². The molecule has 2 aliphatic heterocycles. The van der Waals surface area contributed by atoms with Gasteiger partial charge in [0, 0.05) is 31.7 Å². The molecule has 2 fully saturated rings. The molecule has 3 unspecified atom stereocenters. The van der Waals surface area contributed by atoms with Crippen LogP contribution in [0.2, 0.25) is 0 Å². The van der Waals surface area contributed by atoms with Crippen molar-refractivity contribution in [3.05, 3.63) is 0 Å². The third kappa shape index (κ3) is 1.49. The van der Waals surface area contributed by atoms with E-state index in [2.05, 4.69) is 10.2 Å². The highest BCUT2D eigenvalue weighted by molar-refractivity contribution is 4.94. The van der Waals surface area contributed by atoms with E-state index in [0.29, 0.717) is 12.1 Å². The van der Waals surface area contributed by atoms with Crippen LogP contribution in [0.1, 0.15) is 19.8 Å². The molecular weight excluding hydrogens is 152 g/mol. The monoisotopic (exact) mass is 170 g/mol. The topological polar surface area (TPSA) is 35.5 Å². The molecule has 2 N–H and O–H groups in total. The van der Waals surface area contributed by atoms with Crippen LogP contribution in [0.25, 0.3) is 0 Å². The number of nitrogens with one attached hydrogen (secondary N) is 1. The van der Waals surface area contributed by atoms with Gasteiger partial charge >= 0.3 is 0 Å². The summed E-state index contributed by atoms with van der Waals surface area (Å²) in [5.41, 5.74) is 0. The fourth-order valence-electron chi connectivity index (χ4n) is 2.47. The molecule has 70 valence electrons. The second-order valence-corrected chi connectivity index (χ2v) is 4.09.